The van der Waals surface area contributed by atoms with Crippen LogP contribution in [0, 0.1) is 0 Å². The molecule has 0 aliphatic rings. The summed E-state index contributed by atoms with van der Waals surface area (Å²) in [5, 5.41) is 2.27. The van der Waals surface area contributed by atoms with E-state index >= 15 is 0 Å². The molecule has 0 saturated heterocycles. The zero-order valence-electron chi connectivity index (χ0n) is 5.22. The number of hydrogen-bond acceptors (Lipinski definition) is 4. The van der Waals surface area contributed by atoms with E-state index in [2.05, 4.69) is 14.7 Å². The fraction of sp³-hybridized carbons (Fsp3) is 0.500. The van der Waals surface area contributed by atoms with E-state index in [0.29, 0.717) is 0 Å². The maximum atomic E-state index is 11.5. The van der Waals surface area contributed by atoms with Crippen LogP contribution in [0.1, 0.15) is 0 Å². The van der Waals surface area contributed by atoms with E-state index in [1.165, 1.54) is 6.33 Å². The molecular formula is C4H4F3N3S. The predicted molar refractivity (Wildman–Crippen MR) is 34.5 cm³/mol. The second-order valence-corrected chi connectivity index (χ2v) is 2.50. The molecule has 0 atom stereocenters. The van der Waals surface area contributed by atoms with Gasteiger partial charge in [0.05, 0.1) is 0 Å². The summed E-state index contributed by atoms with van der Waals surface area (Å²) >= 11 is 0.891. The van der Waals surface area contributed by atoms with Gasteiger partial charge in [-0.3, -0.25) is 0 Å². The Kier molecular flexibility index (Phi) is 2.28. The van der Waals surface area contributed by atoms with E-state index in [-0.39, 0.29) is 5.13 Å². The molecule has 0 fully saturated rings. The Bertz CT molecular complexity index is 207. The number of halogens is 3. The van der Waals surface area contributed by atoms with Gasteiger partial charge in [0.15, 0.2) is 0 Å². The smallest absolute Gasteiger partial charge is 0.351 e. The van der Waals surface area contributed by atoms with Crippen LogP contribution in [-0.4, -0.2) is 22.1 Å². The van der Waals surface area contributed by atoms with E-state index in [4.69, 9.17) is 0 Å². The molecule has 1 heterocycles. The van der Waals surface area contributed by atoms with Crippen molar-refractivity contribution in [3.05, 3.63) is 6.33 Å². The van der Waals surface area contributed by atoms with Crippen LogP contribution < -0.4 is 5.32 Å². The van der Waals surface area contributed by atoms with Gasteiger partial charge in [-0.1, -0.05) is 0 Å². The zero-order valence-corrected chi connectivity index (χ0v) is 6.04. The summed E-state index contributed by atoms with van der Waals surface area (Å²) in [6, 6.07) is 0. The number of hydrogen-bond donors (Lipinski definition) is 1. The Labute approximate surface area is 64.4 Å². The van der Waals surface area contributed by atoms with Crippen molar-refractivity contribution < 1.29 is 13.2 Å². The summed E-state index contributed by atoms with van der Waals surface area (Å²) in [5.74, 6) is 0. The lowest BCUT2D eigenvalue weighted by atomic mass is 10.6. The minimum absolute atomic E-state index is 0.183. The third-order valence-corrected chi connectivity index (χ3v) is 1.42. The van der Waals surface area contributed by atoms with Gasteiger partial charge in [-0.25, -0.2) is 4.98 Å². The van der Waals surface area contributed by atoms with Crippen molar-refractivity contribution >= 4 is 16.7 Å². The van der Waals surface area contributed by atoms with E-state index < -0.39 is 12.7 Å². The average Bonchev–Trinajstić information content (AvgIpc) is 2.32. The van der Waals surface area contributed by atoms with Gasteiger partial charge in [0.25, 0.3) is 0 Å². The molecule has 0 amide bonds. The largest absolute Gasteiger partial charge is 0.405 e. The standard InChI is InChI=1S/C4H4F3N3S/c5-4(6,7)1-8-3-9-2-10-11-3/h2H,1H2,(H,8,9,10). The van der Waals surface area contributed by atoms with E-state index in [0.717, 1.165) is 11.5 Å². The maximum absolute atomic E-state index is 11.5. The van der Waals surface area contributed by atoms with Gasteiger partial charge in [-0.15, -0.1) is 0 Å². The highest BCUT2D eigenvalue weighted by Crippen LogP contribution is 2.16. The first-order chi connectivity index (χ1) is 5.08. The first kappa shape index (κ1) is 8.25. The quantitative estimate of drug-likeness (QED) is 0.755. The van der Waals surface area contributed by atoms with Crippen molar-refractivity contribution in [1.82, 2.24) is 9.36 Å². The van der Waals surface area contributed by atoms with Gasteiger partial charge in [0.1, 0.15) is 12.9 Å². The summed E-state index contributed by atoms with van der Waals surface area (Å²) in [6.45, 7) is -1.07. The van der Waals surface area contributed by atoms with Gasteiger partial charge in [0, 0.05) is 11.5 Å². The van der Waals surface area contributed by atoms with Crippen molar-refractivity contribution in [2.24, 2.45) is 0 Å². The highest BCUT2D eigenvalue weighted by atomic mass is 32.1. The van der Waals surface area contributed by atoms with E-state index in [1.807, 2.05) is 0 Å². The van der Waals surface area contributed by atoms with Crippen molar-refractivity contribution in [3.63, 3.8) is 0 Å². The number of rotatable bonds is 2. The molecule has 62 valence electrons. The molecule has 0 aliphatic heterocycles. The van der Waals surface area contributed by atoms with Crippen LogP contribution in [0.3, 0.4) is 0 Å². The molecular weight excluding hydrogens is 179 g/mol. The number of nitrogens with one attached hydrogen (secondary N) is 1. The number of aromatic nitrogens is 2. The molecule has 3 nitrogen and oxygen atoms in total. The van der Waals surface area contributed by atoms with Crippen molar-refractivity contribution in [2.75, 3.05) is 11.9 Å². The molecule has 0 saturated carbocycles. The molecule has 11 heavy (non-hydrogen) atoms. The lowest BCUT2D eigenvalue weighted by Crippen LogP contribution is -2.21. The Balaban J connectivity index is 2.35. The highest BCUT2D eigenvalue weighted by Gasteiger charge is 2.26. The number of anilines is 1. The van der Waals surface area contributed by atoms with Crippen molar-refractivity contribution in [1.29, 1.82) is 0 Å². The number of nitrogens with zero attached hydrogens (tertiary/aromatic N) is 2. The second-order valence-electron chi connectivity index (χ2n) is 1.72. The summed E-state index contributed by atoms with van der Waals surface area (Å²) in [7, 11) is 0. The minimum atomic E-state index is -4.20. The molecule has 1 aromatic heterocycles. The third kappa shape index (κ3) is 3.17. The third-order valence-electron chi connectivity index (χ3n) is 0.801. The van der Waals surface area contributed by atoms with Crippen LogP contribution in [0.15, 0.2) is 6.33 Å². The van der Waals surface area contributed by atoms with Crippen LogP contribution in [-0.2, 0) is 0 Å². The molecule has 1 aromatic rings. The average molecular weight is 183 g/mol. The van der Waals surface area contributed by atoms with Crippen LogP contribution in [0.4, 0.5) is 18.3 Å². The summed E-state index contributed by atoms with van der Waals surface area (Å²) in [6.07, 6.45) is -3.00. The van der Waals surface area contributed by atoms with Gasteiger partial charge < -0.3 is 5.32 Å². The van der Waals surface area contributed by atoms with Gasteiger partial charge >= 0.3 is 6.18 Å². The Hall–Kier alpha value is -0.850. The molecule has 1 rings (SSSR count). The Morgan fingerprint density at radius 1 is 1.55 bits per heavy atom. The topological polar surface area (TPSA) is 37.8 Å². The second kappa shape index (κ2) is 3.04. The Morgan fingerprint density at radius 2 is 2.27 bits per heavy atom. The van der Waals surface area contributed by atoms with Crippen molar-refractivity contribution in [3.8, 4) is 0 Å². The van der Waals surface area contributed by atoms with Gasteiger partial charge in [-0.05, 0) is 0 Å². The Morgan fingerprint density at radius 3 is 2.73 bits per heavy atom. The first-order valence-corrected chi connectivity index (χ1v) is 3.42. The van der Waals surface area contributed by atoms with Crippen LogP contribution in [0.5, 0.6) is 0 Å². The molecule has 1 N–H and O–H groups in total. The fourth-order valence-electron chi connectivity index (χ4n) is 0.427. The minimum Gasteiger partial charge on any atom is -0.351 e. The highest BCUT2D eigenvalue weighted by molar-refractivity contribution is 7.09. The maximum Gasteiger partial charge on any atom is 0.405 e. The molecule has 0 unspecified atom stereocenters. The first-order valence-electron chi connectivity index (χ1n) is 2.65. The molecule has 0 spiro atoms. The SMILES string of the molecule is FC(F)(F)CNc1ncns1. The lowest BCUT2D eigenvalue weighted by molar-refractivity contribution is -0.115. The summed E-state index contributed by atoms with van der Waals surface area (Å²) in [4.78, 5) is 3.52. The van der Waals surface area contributed by atoms with Crippen molar-refractivity contribution in [2.45, 2.75) is 6.18 Å². The summed E-state index contributed by atoms with van der Waals surface area (Å²) < 4.78 is 38.1. The fourth-order valence-corrected chi connectivity index (χ4v) is 0.852. The van der Waals surface area contributed by atoms with Gasteiger partial charge in [-0.2, -0.15) is 17.5 Å². The molecule has 0 bridgehead atoms. The van der Waals surface area contributed by atoms with E-state index in [1.54, 1.807) is 0 Å². The molecule has 0 radical (unpaired) electrons. The molecule has 0 aliphatic carbocycles. The van der Waals surface area contributed by atoms with Gasteiger partial charge in [0.2, 0.25) is 5.13 Å². The summed E-state index contributed by atoms with van der Waals surface area (Å²) in [5.41, 5.74) is 0. The molecule has 0 aromatic carbocycles. The van der Waals surface area contributed by atoms with Crippen LogP contribution in [0.25, 0.3) is 0 Å². The molecule has 7 heteroatoms. The number of alkyl halides is 3. The predicted octanol–water partition coefficient (Wildman–Crippen LogP) is 1.51. The normalized spacial score (nSPS) is 11.5. The zero-order chi connectivity index (χ0) is 8.32. The monoisotopic (exact) mass is 183 g/mol. The lowest BCUT2D eigenvalue weighted by Gasteiger charge is -2.04. The van der Waals surface area contributed by atoms with Crippen LogP contribution >= 0.6 is 11.5 Å². The van der Waals surface area contributed by atoms with Crippen LogP contribution in [0.2, 0.25) is 0 Å². The van der Waals surface area contributed by atoms with E-state index in [9.17, 15) is 13.2 Å².